The number of ether oxygens (including phenoxy) is 1. The summed E-state index contributed by atoms with van der Waals surface area (Å²) in [6.07, 6.45) is 0. The minimum absolute atomic E-state index is 0.0623. The molecule has 1 aromatic rings. The molecule has 0 aliphatic carbocycles. The molecule has 0 amide bonds. The predicted molar refractivity (Wildman–Crippen MR) is 71.2 cm³/mol. The monoisotopic (exact) mass is 319 g/mol. The standard InChI is InChI=1S/C11H17N3O6S/c1-5(2)7(11(17)20-4)14-21(18,19)9-6(3)12-13-8(9)10(15)16/h5,7,14H,1-4H3,(H,12,13)(H,15,16). The zero-order chi connectivity index (χ0) is 16.4. The van der Waals surface area contributed by atoms with E-state index in [1.54, 1.807) is 13.8 Å². The smallest absolute Gasteiger partial charge is 0.357 e. The summed E-state index contributed by atoms with van der Waals surface area (Å²) in [5, 5.41) is 14.7. The van der Waals surface area contributed by atoms with Gasteiger partial charge in [0.15, 0.2) is 5.69 Å². The maximum atomic E-state index is 12.3. The molecule has 1 aromatic heterocycles. The summed E-state index contributed by atoms with van der Waals surface area (Å²) in [6.45, 7) is 4.63. The predicted octanol–water partition coefficient (Wildman–Crippen LogP) is -0.108. The van der Waals surface area contributed by atoms with Crippen LogP contribution in [0.5, 0.6) is 0 Å². The van der Waals surface area contributed by atoms with Crippen molar-refractivity contribution in [2.45, 2.75) is 31.7 Å². The van der Waals surface area contributed by atoms with Crippen LogP contribution in [0.1, 0.15) is 30.0 Å². The molecular weight excluding hydrogens is 302 g/mol. The van der Waals surface area contributed by atoms with E-state index < -0.39 is 38.6 Å². The second-order valence-electron chi connectivity index (χ2n) is 4.70. The van der Waals surface area contributed by atoms with Gasteiger partial charge in [-0.05, 0) is 12.8 Å². The van der Waals surface area contributed by atoms with Gasteiger partial charge >= 0.3 is 11.9 Å². The van der Waals surface area contributed by atoms with Crippen LogP contribution in [0.3, 0.4) is 0 Å². The van der Waals surface area contributed by atoms with Crippen LogP contribution < -0.4 is 4.72 Å². The van der Waals surface area contributed by atoms with Gasteiger partial charge in [0.25, 0.3) is 0 Å². The molecule has 1 heterocycles. The number of hydrogen-bond donors (Lipinski definition) is 3. The molecule has 0 radical (unpaired) electrons. The lowest BCUT2D eigenvalue weighted by molar-refractivity contribution is -0.143. The van der Waals surface area contributed by atoms with Crippen LogP contribution >= 0.6 is 0 Å². The first-order valence-corrected chi connectivity index (χ1v) is 7.48. The topological polar surface area (TPSA) is 138 Å². The van der Waals surface area contributed by atoms with Crippen molar-refractivity contribution in [1.29, 1.82) is 0 Å². The molecule has 1 atom stereocenters. The van der Waals surface area contributed by atoms with Gasteiger partial charge in [-0.15, -0.1) is 0 Å². The van der Waals surface area contributed by atoms with Crippen molar-refractivity contribution >= 4 is 22.0 Å². The number of aromatic carboxylic acids is 1. The quantitative estimate of drug-likeness (QED) is 0.622. The van der Waals surface area contributed by atoms with Crippen LogP contribution in [0.25, 0.3) is 0 Å². The van der Waals surface area contributed by atoms with Gasteiger partial charge in [-0.3, -0.25) is 9.89 Å². The molecule has 0 aliphatic heterocycles. The molecule has 3 N–H and O–H groups in total. The molecule has 0 saturated heterocycles. The number of carboxylic acid groups (broad SMARTS) is 1. The van der Waals surface area contributed by atoms with Crippen LogP contribution in [0.2, 0.25) is 0 Å². The van der Waals surface area contributed by atoms with E-state index in [0.717, 1.165) is 7.11 Å². The Labute approximate surface area is 121 Å². The van der Waals surface area contributed by atoms with Crippen molar-refractivity contribution in [3.63, 3.8) is 0 Å². The number of carboxylic acids is 1. The maximum absolute atomic E-state index is 12.3. The lowest BCUT2D eigenvalue weighted by atomic mass is 10.1. The minimum atomic E-state index is -4.25. The minimum Gasteiger partial charge on any atom is -0.476 e. The normalized spacial score (nSPS) is 13.2. The van der Waals surface area contributed by atoms with Crippen LogP contribution in [0.15, 0.2) is 4.90 Å². The van der Waals surface area contributed by atoms with Crippen LogP contribution in [0.4, 0.5) is 0 Å². The molecule has 118 valence electrons. The molecule has 0 bridgehead atoms. The highest BCUT2D eigenvalue weighted by atomic mass is 32.2. The third-order valence-corrected chi connectivity index (χ3v) is 4.37. The highest BCUT2D eigenvalue weighted by molar-refractivity contribution is 7.89. The molecule has 1 unspecified atom stereocenters. The summed E-state index contributed by atoms with van der Waals surface area (Å²) >= 11 is 0. The van der Waals surface area contributed by atoms with E-state index in [4.69, 9.17) is 5.11 Å². The number of sulfonamides is 1. The van der Waals surface area contributed by atoms with E-state index in [0.29, 0.717) is 0 Å². The Kier molecular flexibility index (Phi) is 5.07. The van der Waals surface area contributed by atoms with Crippen LogP contribution in [-0.2, 0) is 19.6 Å². The second-order valence-corrected chi connectivity index (χ2v) is 6.35. The summed E-state index contributed by atoms with van der Waals surface area (Å²) in [5.74, 6) is -2.63. The first kappa shape index (κ1) is 17.1. The first-order chi connectivity index (χ1) is 9.61. The molecule has 9 nitrogen and oxygen atoms in total. The van der Waals surface area contributed by atoms with Crippen LogP contribution in [-0.4, -0.2) is 48.8 Å². The summed E-state index contributed by atoms with van der Waals surface area (Å²) < 4.78 is 31.4. The highest BCUT2D eigenvalue weighted by Crippen LogP contribution is 2.19. The molecule has 0 aliphatic rings. The van der Waals surface area contributed by atoms with Gasteiger partial charge in [0, 0.05) is 0 Å². The number of nitrogens with one attached hydrogen (secondary N) is 2. The number of carbonyl (C=O) groups is 2. The lowest BCUT2D eigenvalue weighted by Gasteiger charge is -2.19. The molecule has 1 rings (SSSR count). The van der Waals surface area contributed by atoms with E-state index in [9.17, 15) is 18.0 Å². The zero-order valence-electron chi connectivity index (χ0n) is 12.0. The fraction of sp³-hybridized carbons (Fsp3) is 0.545. The highest BCUT2D eigenvalue weighted by Gasteiger charge is 2.34. The van der Waals surface area contributed by atoms with Gasteiger partial charge in [-0.1, -0.05) is 13.8 Å². The van der Waals surface area contributed by atoms with Crippen molar-refractivity contribution in [2.75, 3.05) is 7.11 Å². The van der Waals surface area contributed by atoms with Crippen molar-refractivity contribution in [3.8, 4) is 0 Å². The SMILES string of the molecule is COC(=O)C(NS(=O)(=O)c1c(C(=O)O)n[nH]c1C)C(C)C. The number of aryl methyl sites for hydroxylation is 1. The molecule has 0 aromatic carbocycles. The van der Waals surface area contributed by atoms with Gasteiger partial charge in [0.2, 0.25) is 10.0 Å². The Bertz CT molecular complexity index is 649. The number of hydrogen-bond acceptors (Lipinski definition) is 6. The summed E-state index contributed by atoms with van der Waals surface area (Å²) in [4.78, 5) is 22.1. The average molecular weight is 319 g/mol. The maximum Gasteiger partial charge on any atom is 0.357 e. The van der Waals surface area contributed by atoms with E-state index in [2.05, 4.69) is 19.7 Å². The number of aromatic amines is 1. The first-order valence-electron chi connectivity index (χ1n) is 6.00. The Balaban J connectivity index is 3.26. The van der Waals surface area contributed by atoms with Gasteiger partial charge in [-0.2, -0.15) is 9.82 Å². The number of methoxy groups -OCH3 is 1. The second kappa shape index (κ2) is 6.22. The van der Waals surface area contributed by atoms with E-state index in [1.165, 1.54) is 6.92 Å². The number of nitrogens with zero attached hydrogens (tertiary/aromatic N) is 1. The van der Waals surface area contributed by atoms with Gasteiger partial charge in [-0.25, -0.2) is 13.2 Å². The number of H-pyrrole nitrogens is 1. The summed E-state index contributed by atoms with van der Waals surface area (Å²) in [6, 6.07) is -1.13. The summed E-state index contributed by atoms with van der Waals surface area (Å²) in [5.41, 5.74) is -0.570. The van der Waals surface area contributed by atoms with Gasteiger partial charge in [0.1, 0.15) is 10.9 Å². The zero-order valence-corrected chi connectivity index (χ0v) is 12.8. The molecule has 0 spiro atoms. The van der Waals surface area contributed by atoms with Gasteiger partial charge in [0.05, 0.1) is 12.8 Å². The molecule has 0 fully saturated rings. The summed E-state index contributed by atoms with van der Waals surface area (Å²) in [7, 11) is -3.11. The van der Waals surface area contributed by atoms with Crippen molar-refractivity contribution < 1.29 is 27.9 Å². The third-order valence-electron chi connectivity index (χ3n) is 2.77. The van der Waals surface area contributed by atoms with E-state index in [-0.39, 0.29) is 11.6 Å². The molecule has 0 saturated carbocycles. The van der Waals surface area contributed by atoms with Crippen LogP contribution in [0, 0.1) is 12.8 Å². The number of carbonyl (C=O) groups excluding carboxylic acids is 1. The number of aromatic nitrogens is 2. The number of esters is 1. The lowest BCUT2D eigenvalue weighted by Crippen LogP contribution is -2.45. The largest absolute Gasteiger partial charge is 0.476 e. The molecular formula is C11H17N3O6S. The van der Waals surface area contributed by atoms with E-state index >= 15 is 0 Å². The molecule has 10 heteroatoms. The Morgan fingerprint density at radius 3 is 2.38 bits per heavy atom. The average Bonchev–Trinajstić information content (AvgIpc) is 2.77. The Morgan fingerprint density at radius 1 is 1.38 bits per heavy atom. The fourth-order valence-electron chi connectivity index (χ4n) is 1.70. The Hall–Kier alpha value is -1.94. The fourth-order valence-corrected chi connectivity index (χ4v) is 3.36. The van der Waals surface area contributed by atoms with Gasteiger partial charge < -0.3 is 9.84 Å². The number of rotatable bonds is 6. The third kappa shape index (κ3) is 3.58. The van der Waals surface area contributed by atoms with Crippen molar-refractivity contribution in [2.24, 2.45) is 5.92 Å². The van der Waals surface area contributed by atoms with Crippen molar-refractivity contribution in [1.82, 2.24) is 14.9 Å². The molecule has 21 heavy (non-hydrogen) atoms. The Morgan fingerprint density at radius 2 is 1.95 bits per heavy atom. The van der Waals surface area contributed by atoms with E-state index in [1.807, 2.05) is 0 Å². The van der Waals surface area contributed by atoms with Crippen molar-refractivity contribution in [3.05, 3.63) is 11.4 Å².